The average molecular weight is 326 g/mol. The van der Waals surface area contributed by atoms with Gasteiger partial charge in [-0.2, -0.15) is 5.10 Å². The van der Waals surface area contributed by atoms with Crippen molar-refractivity contribution in [1.82, 2.24) is 19.7 Å². The number of nitrogens with two attached hydrogens (primary N) is 1. The lowest BCUT2D eigenvalue weighted by molar-refractivity contribution is -0.0268. The van der Waals surface area contributed by atoms with Crippen molar-refractivity contribution < 1.29 is 9.13 Å². The van der Waals surface area contributed by atoms with Crippen LogP contribution in [0.5, 0.6) is 0 Å². The highest BCUT2D eigenvalue weighted by Gasteiger charge is 2.29. The molecule has 3 aromatic rings. The number of rotatable bonds is 2. The maximum absolute atomic E-state index is 15.0. The molecule has 5 rings (SSSR count). The van der Waals surface area contributed by atoms with Gasteiger partial charge in [-0.25, -0.2) is 19.0 Å². The van der Waals surface area contributed by atoms with Crippen molar-refractivity contribution in [2.75, 3.05) is 30.8 Å². The first kappa shape index (κ1) is 13.7. The Hall–Kier alpha value is -2.74. The van der Waals surface area contributed by atoms with Crippen LogP contribution < -0.4 is 11.1 Å². The lowest BCUT2D eigenvalue weighted by Crippen LogP contribution is -2.31. The molecular formula is C16H15FN6O. The first-order chi connectivity index (χ1) is 11.7. The Morgan fingerprint density at radius 2 is 2.17 bits per heavy atom. The minimum Gasteiger partial charge on any atom is -0.384 e. The molecule has 0 unspecified atom stereocenters. The molecular weight excluding hydrogens is 311 g/mol. The first-order valence-corrected chi connectivity index (χ1v) is 7.86. The van der Waals surface area contributed by atoms with E-state index < -0.39 is 0 Å². The molecule has 0 atom stereocenters. The van der Waals surface area contributed by atoms with E-state index in [2.05, 4.69) is 20.4 Å². The number of ether oxygens (including phenoxy) is 1. The van der Waals surface area contributed by atoms with Crippen LogP contribution in [0, 0.1) is 5.82 Å². The summed E-state index contributed by atoms with van der Waals surface area (Å²) >= 11 is 0. The summed E-state index contributed by atoms with van der Waals surface area (Å²) < 4.78 is 22.1. The predicted octanol–water partition coefficient (Wildman–Crippen LogP) is 1.75. The van der Waals surface area contributed by atoms with Gasteiger partial charge in [0.15, 0.2) is 5.65 Å². The Morgan fingerprint density at radius 1 is 1.29 bits per heavy atom. The van der Waals surface area contributed by atoms with Crippen LogP contribution in [0.15, 0.2) is 18.5 Å². The molecule has 4 heterocycles. The third kappa shape index (κ3) is 1.77. The zero-order valence-corrected chi connectivity index (χ0v) is 12.8. The van der Waals surface area contributed by atoms with Crippen molar-refractivity contribution in [2.45, 2.75) is 12.5 Å². The fourth-order valence-electron chi connectivity index (χ4n) is 3.34. The first-order valence-electron chi connectivity index (χ1n) is 7.86. The van der Waals surface area contributed by atoms with E-state index >= 15 is 4.39 Å². The topological polar surface area (TPSA) is 90.9 Å². The molecule has 7 nitrogen and oxygen atoms in total. The molecule has 1 aromatic carbocycles. The van der Waals surface area contributed by atoms with Gasteiger partial charge < -0.3 is 15.8 Å². The van der Waals surface area contributed by atoms with Gasteiger partial charge in [-0.05, 0) is 18.6 Å². The smallest absolute Gasteiger partial charge is 0.164 e. The summed E-state index contributed by atoms with van der Waals surface area (Å²) in [5.74, 6) is 0.0525. The Morgan fingerprint density at radius 3 is 2.96 bits per heavy atom. The van der Waals surface area contributed by atoms with Gasteiger partial charge in [0, 0.05) is 23.4 Å². The van der Waals surface area contributed by atoms with Crippen LogP contribution >= 0.6 is 0 Å². The minimum atomic E-state index is -0.253. The van der Waals surface area contributed by atoms with Crippen LogP contribution in [0.3, 0.4) is 0 Å². The van der Waals surface area contributed by atoms with Crippen LogP contribution in [-0.4, -0.2) is 39.5 Å². The SMILES string of the molecule is Nc1ncnc2c1c(-c1ccc3c(c1F)CCN3)nn2C1COC1. The third-order valence-electron chi connectivity index (χ3n) is 4.67. The lowest BCUT2D eigenvalue weighted by Gasteiger charge is -2.26. The molecule has 0 saturated carbocycles. The van der Waals surface area contributed by atoms with Crippen molar-refractivity contribution >= 4 is 22.5 Å². The molecule has 0 aliphatic carbocycles. The number of benzene rings is 1. The van der Waals surface area contributed by atoms with Crippen LogP contribution in [0.25, 0.3) is 22.3 Å². The van der Waals surface area contributed by atoms with Crippen molar-refractivity contribution in [3.63, 3.8) is 0 Å². The predicted molar refractivity (Wildman–Crippen MR) is 87.2 cm³/mol. The lowest BCUT2D eigenvalue weighted by atomic mass is 10.0. The Bertz CT molecular complexity index is 965. The summed E-state index contributed by atoms with van der Waals surface area (Å²) in [4.78, 5) is 8.37. The standard InChI is InChI=1S/C16H15FN6O/c17-13-9-3-4-19-11(9)2-1-10(13)14-12-15(18)20-7-21-16(12)23(22-14)8-5-24-6-8/h1-2,7-8,19H,3-6H2,(H2,18,20,21). The number of halogens is 1. The van der Waals surface area contributed by atoms with Crippen LogP contribution in [-0.2, 0) is 11.2 Å². The second-order valence-corrected chi connectivity index (χ2v) is 6.07. The maximum Gasteiger partial charge on any atom is 0.164 e. The maximum atomic E-state index is 15.0. The molecule has 0 spiro atoms. The summed E-state index contributed by atoms with van der Waals surface area (Å²) in [5, 5.41) is 8.39. The molecule has 1 saturated heterocycles. The number of aromatic nitrogens is 4. The van der Waals surface area contributed by atoms with E-state index in [9.17, 15) is 0 Å². The number of nitrogens with one attached hydrogen (secondary N) is 1. The monoisotopic (exact) mass is 326 g/mol. The molecule has 2 aliphatic rings. The molecule has 8 heteroatoms. The highest BCUT2D eigenvalue weighted by molar-refractivity contribution is 5.98. The van der Waals surface area contributed by atoms with E-state index in [1.807, 2.05) is 6.07 Å². The molecule has 2 aromatic heterocycles. The number of hydrogen-bond acceptors (Lipinski definition) is 6. The molecule has 2 aliphatic heterocycles. The fraction of sp³-hybridized carbons (Fsp3) is 0.312. The summed E-state index contributed by atoms with van der Waals surface area (Å²) in [6.45, 7) is 1.88. The summed E-state index contributed by atoms with van der Waals surface area (Å²) in [7, 11) is 0. The van der Waals surface area contributed by atoms with E-state index in [-0.39, 0.29) is 11.9 Å². The Kier molecular flexibility index (Phi) is 2.78. The Balaban J connectivity index is 1.78. The highest BCUT2D eigenvalue weighted by Crippen LogP contribution is 2.37. The van der Waals surface area contributed by atoms with Gasteiger partial charge in [0.05, 0.1) is 18.6 Å². The van der Waals surface area contributed by atoms with Gasteiger partial charge in [0.25, 0.3) is 0 Å². The van der Waals surface area contributed by atoms with Crippen molar-refractivity contribution in [3.8, 4) is 11.3 Å². The van der Waals surface area contributed by atoms with Crippen LogP contribution in [0.1, 0.15) is 11.6 Å². The van der Waals surface area contributed by atoms with Gasteiger partial charge in [-0.3, -0.25) is 0 Å². The number of fused-ring (bicyclic) bond motifs is 2. The van der Waals surface area contributed by atoms with Gasteiger partial charge in [-0.15, -0.1) is 0 Å². The molecule has 0 radical (unpaired) electrons. The quantitative estimate of drug-likeness (QED) is 0.745. The molecule has 3 N–H and O–H groups in total. The van der Waals surface area contributed by atoms with Gasteiger partial charge in [-0.1, -0.05) is 0 Å². The minimum absolute atomic E-state index is 0.0923. The van der Waals surface area contributed by atoms with Gasteiger partial charge in [0.1, 0.15) is 29.7 Å². The molecule has 122 valence electrons. The second kappa shape index (κ2) is 4.88. The summed E-state index contributed by atoms with van der Waals surface area (Å²) in [6.07, 6.45) is 2.07. The molecule has 0 bridgehead atoms. The summed E-state index contributed by atoms with van der Waals surface area (Å²) in [5.41, 5.74) is 9.13. The van der Waals surface area contributed by atoms with Crippen molar-refractivity contribution in [2.24, 2.45) is 0 Å². The third-order valence-corrected chi connectivity index (χ3v) is 4.67. The largest absolute Gasteiger partial charge is 0.384 e. The molecule has 0 amide bonds. The van der Waals surface area contributed by atoms with Gasteiger partial charge >= 0.3 is 0 Å². The zero-order chi connectivity index (χ0) is 16.3. The van der Waals surface area contributed by atoms with Gasteiger partial charge in [0.2, 0.25) is 0 Å². The molecule has 24 heavy (non-hydrogen) atoms. The summed E-state index contributed by atoms with van der Waals surface area (Å²) in [6, 6.07) is 3.72. The Labute approximate surface area is 136 Å². The van der Waals surface area contributed by atoms with E-state index in [4.69, 9.17) is 10.5 Å². The average Bonchev–Trinajstić information content (AvgIpc) is 3.13. The zero-order valence-electron chi connectivity index (χ0n) is 12.8. The fourth-order valence-corrected chi connectivity index (χ4v) is 3.34. The van der Waals surface area contributed by atoms with E-state index in [0.29, 0.717) is 53.3 Å². The highest BCUT2D eigenvalue weighted by atomic mass is 19.1. The number of anilines is 2. The second-order valence-electron chi connectivity index (χ2n) is 6.07. The number of hydrogen-bond donors (Lipinski definition) is 2. The van der Waals surface area contributed by atoms with E-state index in [1.165, 1.54) is 6.33 Å². The van der Waals surface area contributed by atoms with E-state index in [0.717, 1.165) is 12.2 Å². The van der Waals surface area contributed by atoms with Crippen molar-refractivity contribution in [1.29, 1.82) is 0 Å². The van der Waals surface area contributed by atoms with E-state index in [1.54, 1.807) is 10.7 Å². The molecule has 1 fully saturated rings. The number of nitrogens with zero attached hydrogens (tertiary/aromatic N) is 4. The normalized spacial score (nSPS) is 16.9. The van der Waals surface area contributed by atoms with Crippen LogP contribution in [0.2, 0.25) is 0 Å². The van der Waals surface area contributed by atoms with Crippen molar-refractivity contribution in [3.05, 3.63) is 29.8 Å². The van der Waals surface area contributed by atoms with Crippen LogP contribution in [0.4, 0.5) is 15.9 Å². The number of nitrogen functional groups attached to an aromatic ring is 1.